The van der Waals surface area contributed by atoms with Crippen molar-refractivity contribution in [3.63, 3.8) is 0 Å². The first-order chi connectivity index (χ1) is 13.7. The summed E-state index contributed by atoms with van der Waals surface area (Å²) in [6.07, 6.45) is 1.81. The first-order valence-corrected chi connectivity index (χ1v) is 9.45. The number of nitrogens with zero attached hydrogens (tertiary/aromatic N) is 2. The van der Waals surface area contributed by atoms with Gasteiger partial charge in [-0.2, -0.15) is 0 Å². The van der Waals surface area contributed by atoms with E-state index in [0.29, 0.717) is 18.3 Å². The van der Waals surface area contributed by atoms with Crippen LogP contribution >= 0.6 is 24.0 Å². The zero-order valence-electron chi connectivity index (χ0n) is 17.0. The molecule has 7 nitrogen and oxygen atoms in total. The Morgan fingerprint density at radius 3 is 2.72 bits per heavy atom. The summed E-state index contributed by atoms with van der Waals surface area (Å²) < 4.78 is 10.9. The molecule has 0 saturated carbocycles. The van der Waals surface area contributed by atoms with Gasteiger partial charge in [-0.15, -0.1) is 24.0 Å². The van der Waals surface area contributed by atoms with Crippen molar-refractivity contribution in [3.8, 4) is 11.5 Å². The lowest BCUT2D eigenvalue weighted by Crippen LogP contribution is -2.31. The molecular weight excluding hydrogens is 481 g/mol. The van der Waals surface area contributed by atoms with Crippen LogP contribution in [0.5, 0.6) is 11.5 Å². The van der Waals surface area contributed by atoms with E-state index >= 15 is 0 Å². The molecule has 0 aliphatic heterocycles. The van der Waals surface area contributed by atoms with Crippen LogP contribution in [0, 0.1) is 0 Å². The Labute approximate surface area is 188 Å². The quantitative estimate of drug-likeness (QED) is 0.184. The molecule has 0 radical (unpaired) electrons. The van der Waals surface area contributed by atoms with Crippen LogP contribution in [0.25, 0.3) is 11.0 Å². The third-order valence-corrected chi connectivity index (χ3v) is 4.27. The molecule has 3 N–H and O–H groups in total. The van der Waals surface area contributed by atoms with Crippen molar-refractivity contribution in [1.29, 1.82) is 0 Å². The highest BCUT2D eigenvalue weighted by molar-refractivity contribution is 14.0. The molecular formula is C21H28IN5O2. The number of guanidine groups is 1. The Morgan fingerprint density at radius 1 is 1.17 bits per heavy atom. The summed E-state index contributed by atoms with van der Waals surface area (Å²) in [5.41, 5.74) is 2.96. The number of anilines is 1. The predicted molar refractivity (Wildman–Crippen MR) is 129 cm³/mol. The van der Waals surface area contributed by atoms with E-state index in [1.807, 2.05) is 49.4 Å². The topological polar surface area (TPSA) is 83.6 Å². The van der Waals surface area contributed by atoms with Gasteiger partial charge >= 0.3 is 0 Å². The summed E-state index contributed by atoms with van der Waals surface area (Å²) in [4.78, 5) is 12.2. The summed E-state index contributed by atoms with van der Waals surface area (Å²) in [5.74, 6) is 3.12. The summed E-state index contributed by atoms with van der Waals surface area (Å²) in [6.45, 7) is 3.32. The maximum absolute atomic E-state index is 5.55. The van der Waals surface area contributed by atoms with Crippen LogP contribution in [0.1, 0.15) is 19.2 Å². The number of aromatic amines is 1. The SMILES string of the molecule is CCOc1ccc(NC(=NC)NCCCc2nc3ccccc3[nH]2)cc1OC.I. The van der Waals surface area contributed by atoms with Crippen LogP contribution in [0.4, 0.5) is 5.69 Å². The number of nitrogens with one attached hydrogen (secondary N) is 3. The molecule has 1 aromatic heterocycles. The molecule has 29 heavy (non-hydrogen) atoms. The number of aryl methyl sites for hydroxylation is 1. The molecule has 0 aliphatic rings. The van der Waals surface area contributed by atoms with Gasteiger partial charge < -0.3 is 25.1 Å². The highest BCUT2D eigenvalue weighted by atomic mass is 127. The smallest absolute Gasteiger partial charge is 0.195 e. The van der Waals surface area contributed by atoms with E-state index in [1.165, 1.54) is 0 Å². The molecule has 0 bridgehead atoms. The van der Waals surface area contributed by atoms with Gasteiger partial charge in [-0.25, -0.2) is 4.98 Å². The fourth-order valence-electron chi connectivity index (χ4n) is 2.92. The van der Waals surface area contributed by atoms with Crippen LogP contribution in [0.3, 0.4) is 0 Å². The number of H-pyrrole nitrogens is 1. The van der Waals surface area contributed by atoms with Crippen molar-refractivity contribution in [2.75, 3.05) is 32.6 Å². The molecule has 0 atom stereocenters. The molecule has 0 amide bonds. The molecule has 3 aromatic rings. The van der Waals surface area contributed by atoms with Gasteiger partial charge in [0.15, 0.2) is 17.5 Å². The fraction of sp³-hybridized carbons (Fsp3) is 0.333. The number of hydrogen-bond donors (Lipinski definition) is 3. The average molecular weight is 509 g/mol. The van der Waals surface area contributed by atoms with E-state index in [0.717, 1.165) is 47.7 Å². The molecule has 0 unspecified atom stereocenters. The zero-order chi connectivity index (χ0) is 19.8. The van der Waals surface area contributed by atoms with E-state index in [2.05, 4.69) is 25.6 Å². The first-order valence-electron chi connectivity index (χ1n) is 9.45. The van der Waals surface area contributed by atoms with Crippen molar-refractivity contribution in [1.82, 2.24) is 15.3 Å². The molecule has 2 aromatic carbocycles. The summed E-state index contributed by atoms with van der Waals surface area (Å²) in [6, 6.07) is 13.8. The second kappa shape index (κ2) is 11.5. The zero-order valence-corrected chi connectivity index (χ0v) is 19.3. The van der Waals surface area contributed by atoms with Crippen LogP contribution in [-0.4, -0.2) is 43.2 Å². The first kappa shape index (κ1) is 22.8. The molecule has 1 heterocycles. The fourth-order valence-corrected chi connectivity index (χ4v) is 2.92. The van der Waals surface area contributed by atoms with Gasteiger partial charge in [-0.3, -0.25) is 4.99 Å². The monoisotopic (exact) mass is 509 g/mol. The number of ether oxygens (including phenoxy) is 2. The second-order valence-electron chi connectivity index (χ2n) is 6.23. The second-order valence-corrected chi connectivity index (χ2v) is 6.23. The standard InChI is InChI=1S/C21H27N5O2.HI/c1-4-28-18-12-11-15(14-19(18)27-3)24-21(22-2)23-13-7-10-20-25-16-8-5-6-9-17(16)26-20;/h5-6,8-9,11-12,14H,4,7,10,13H2,1-3H3,(H,25,26)(H2,22,23,24);1H. The van der Waals surface area contributed by atoms with Crippen LogP contribution in [0.2, 0.25) is 0 Å². The number of rotatable bonds is 8. The Kier molecular flexibility index (Phi) is 9.04. The molecule has 156 valence electrons. The number of imidazole rings is 1. The van der Waals surface area contributed by atoms with Crippen molar-refractivity contribution in [2.45, 2.75) is 19.8 Å². The Morgan fingerprint density at radius 2 is 2.00 bits per heavy atom. The number of benzene rings is 2. The van der Waals surface area contributed by atoms with Gasteiger partial charge in [0, 0.05) is 31.8 Å². The maximum atomic E-state index is 5.55. The average Bonchev–Trinajstić information content (AvgIpc) is 3.14. The van der Waals surface area contributed by atoms with Gasteiger partial charge in [0.25, 0.3) is 0 Å². The Balaban J connectivity index is 0.00000300. The maximum Gasteiger partial charge on any atom is 0.195 e. The van der Waals surface area contributed by atoms with Gasteiger partial charge in [0.1, 0.15) is 5.82 Å². The van der Waals surface area contributed by atoms with Crippen molar-refractivity contribution >= 4 is 46.7 Å². The molecule has 3 rings (SSSR count). The number of methoxy groups -OCH3 is 1. The van der Waals surface area contributed by atoms with Crippen LogP contribution in [0.15, 0.2) is 47.5 Å². The lowest BCUT2D eigenvalue weighted by Gasteiger charge is -2.14. The van der Waals surface area contributed by atoms with E-state index in [9.17, 15) is 0 Å². The van der Waals surface area contributed by atoms with Crippen molar-refractivity contribution in [2.24, 2.45) is 4.99 Å². The summed E-state index contributed by atoms with van der Waals surface area (Å²) in [7, 11) is 3.38. The molecule has 0 aliphatic carbocycles. The van der Waals surface area contributed by atoms with Gasteiger partial charge in [0.2, 0.25) is 0 Å². The molecule has 0 fully saturated rings. The number of para-hydroxylation sites is 2. The predicted octanol–water partition coefficient (Wildman–Crippen LogP) is 4.21. The summed E-state index contributed by atoms with van der Waals surface area (Å²) >= 11 is 0. The third kappa shape index (κ3) is 6.25. The molecule has 0 spiro atoms. The Bertz CT molecular complexity index is 909. The minimum atomic E-state index is 0. The largest absolute Gasteiger partial charge is 0.493 e. The van der Waals surface area contributed by atoms with Crippen molar-refractivity contribution in [3.05, 3.63) is 48.3 Å². The van der Waals surface area contributed by atoms with Gasteiger partial charge in [-0.1, -0.05) is 12.1 Å². The van der Waals surface area contributed by atoms with E-state index in [4.69, 9.17) is 9.47 Å². The minimum Gasteiger partial charge on any atom is -0.493 e. The lowest BCUT2D eigenvalue weighted by atomic mass is 10.2. The molecule has 8 heteroatoms. The number of hydrogen-bond acceptors (Lipinski definition) is 4. The number of fused-ring (bicyclic) bond motifs is 1. The highest BCUT2D eigenvalue weighted by Gasteiger charge is 2.07. The Hall–Kier alpha value is -2.49. The number of aliphatic imine (C=N–C) groups is 1. The lowest BCUT2D eigenvalue weighted by molar-refractivity contribution is 0.311. The van der Waals surface area contributed by atoms with Crippen LogP contribution < -0.4 is 20.1 Å². The summed E-state index contributed by atoms with van der Waals surface area (Å²) in [5, 5.41) is 6.60. The van der Waals surface area contributed by atoms with Crippen molar-refractivity contribution < 1.29 is 9.47 Å². The normalized spacial score (nSPS) is 11.1. The van der Waals surface area contributed by atoms with E-state index in [-0.39, 0.29) is 24.0 Å². The highest BCUT2D eigenvalue weighted by Crippen LogP contribution is 2.30. The number of aromatic nitrogens is 2. The van der Waals surface area contributed by atoms with Crippen LogP contribution in [-0.2, 0) is 6.42 Å². The molecule has 0 saturated heterocycles. The van der Waals surface area contributed by atoms with E-state index < -0.39 is 0 Å². The number of halogens is 1. The van der Waals surface area contributed by atoms with Gasteiger partial charge in [-0.05, 0) is 37.6 Å². The van der Waals surface area contributed by atoms with E-state index in [1.54, 1.807) is 14.2 Å². The third-order valence-electron chi connectivity index (χ3n) is 4.27. The van der Waals surface area contributed by atoms with Gasteiger partial charge in [0.05, 0.1) is 24.8 Å². The minimum absolute atomic E-state index is 0.